The Morgan fingerprint density at radius 2 is 1.89 bits per heavy atom. The number of rotatable bonds is 6. The molecule has 192 valence electrons. The van der Waals surface area contributed by atoms with E-state index in [4.69, 9.17) is 4.74 Å². The van der Waals surface area contributed by atoms with E-state index in [1.807, 2.05) is 25.7 Å². The normalized spacial score (nSPS) is 20.8. The molecule has 1 aromatic heterocycles. The number of nitrogens with zero attached hydrogens (tertiary/aromatic N) is 3. The molecule has 3 amide bonds. The van der Waals surface area contributed by atoms with Crippen molar-refractivity contribution in [2.45, 2.75) is 45.2 Å². The Kier molecular flexibility index (Phi) is 7.53. The Morgan fingerprint density at radius 1 is 1.17 bits per heavy atom. The molecule has 0 unspecified atom stereocenters. The smallest absolute Gasteiger partial charge is 0.242 e. The number of anilines is 1. The number of piperidine rings is 1. The van der Waals surface area contributed by atoms with Crippen molar-refractivity contribution in [1.82, 2.24) is 20.1 Å². The Labute approximate surface area is 210 Å². The molecule has 0 spiro atoms. The van der Waals surface area contributed by atoms with Crippen molar-refractivity contribution in [2.24, 2.45) is 5.92 Å². The third-order valence-corrected chi connectivity index (χ3v) is 6.78. The number of halogens is 1. The summed E-state index contributed by atoms with van der Waals surface area (Å²) in [7, 11) is 0. The first-order chi connectivity index (χ1) is 17.1. The van der Waals surface area contributed by atoms with Gasteiger partial charge in [0.05, 0.1) is 23.7 Å². The standard InChI is InChI=1S/C26H32FN5O4/c1-17(24(34)30-22-10-9-21(15-28-22)36-20-7-5-19(27)6-8-20)31-12-13-32(26(2,3)16-31)25(35)18-4-11-23(33)29-14-18/h5-10,15,17-18H,4,11-14,16H2,1-3H3,(H,29,33)(H,28,30,34)/t17-,18-/m0/s1. The molecule has 4 rings (SSSR count). The maximum Gasteiger partial charge on any atom is 0.242 e. The van der Waals surface area contributed by atoms with Crippen LogP contribution in [0.4, 0.5) is 10.2 Å². The lowest BCUT2D eigenvalue weighted by molar-refractivity contribution is -0.147. The SMILES string of the molecule is C[C@@H](C(=O)Nc1ccc(Oc2ccc(F)cc2)cn1)N1CCN(C(=O)[C@H]2CCC(=O)NC2)C(C)(C)C1. The van der Waals surface area contributed by atoms with Crippen LogP contribution < -0.4 is 15.4 Å². The van der Waals surface area contributed by atoms with Gasteiger partial charge in [0.15, 0.2) is 0 Å². The summed E-state index contributed by atoms with van der Waals surface area (Å²) in [5.74, 6) is 0.658. The van der Waals surface area contributed by atoms with Gasteiger partial charge < -0.3 is 20.3 Å². The molecule has 2 atom stereocenters. The van der Waals surface area contributed by atoms with Gasteiger partial charge >= 0.3 is 0 Å². The highest BCUT2D eigenvalue weighted by atomic mass is 19.1. The second kappa shape index (κ2) is 10.6. The molecular formula is C26H32FN5O4. The van der Waals surface area contributed by atoms with Gasteiger partial charge in [0.2, 0.25) is 17.7 Å². The number of pyridine rings is 1. The van der Waals surface area contributed by atoms with Gasteiger partial charge in [-0.2, -0.15) is 0 Å². The molecule has 36 heavy (non-hydrogen) atoms. The molecule has 1 aromatic carbocycles. The zero-order chi connectivity index (χ0) is 25.9. The second-order valence-electron chi connectivity index (χ2n) is 9.91. The van der Waals surface area contributed by atoms with Crippen LogP contribution in [0.5, 0.6) is 11.5 Å². The third kappa shape index (κ3) is 5.99. The monoisotopic (exact) mass is 497 g/mol. The molecule has 9 nitrogen and oxygen atoms in total. The van der Waals surface area contributed by atoms with Crippen LogP contribution in [0.1, 0.15) is 33.6 Å². The van der Waals surface area contributed by atoms with E-state index in [0.29, 0.717) is 56.3 Å². The number of aromatic nitrogens is 1. The first kappa shape index (κ1) is 25.6. The van der Waals surface area contributed by atoms with Gasteiger partial charge in [-0.3, -0.25) is 19.3 Å². The number of ether oxygens (including phenoxy) is 1. The number of hydrogen-bond acceptors (Lipinski definition) is 6. The molecule has 2 saturated heterocycles. The Morgan fingerprint density at radius 3 is 2.50 bits per heavy atom. The summed E-state index contributed by atoms with van der Waals surface area (Å²) in [6.45, 7) is 7.86. The number of carbonyl (C=O) groups excluding carboxylic acids is 3. The predicted molar refractivity (Wildman–Crippen MR) is 132 cm³/mol. The summed E-state index contributed by atoms with van der Waals surface area (Å²) in [5, 5.41) is 5.62. The predicted octanol–water partition coefficient (Wildman–Crippen LogP) is 2.79. The van der Waals surface area contributed by atoms with Crippen LogP contribution in [0.2, 0.25) is 0 Å². The summed E-state index contributed by atoms with van der Waals surface area (Å²) in [6.07, 6.45) is 2.44. The topological polar surface area (TPSA) is 104 Å². The van der Waals surface area contributed by atoms with Crippen LogP contribution in [0.3, 0.4) is 0 Å². The first-order valence-corrected chi connectivity index (χ1v) is 12.1. The van der Waals surface area contributed by atoms with Crippen molar-refractivity contribution in [2.75, 3.05) is 31.5 Å². The van der Waals surface area contributed by atoms with Gasteiger partial charge in [-0.25, -0.2) is 9.37 Å². The Bertz CT molecular complexity index is 1100. The summed E-state index contributed by atoms with van der Waals surface area (Å²) < 4.78 is 18.7. The van der Waals surface area contributed by atoms with E-state index >= 15 is 0 Å². The highest BCUT2D eigenvalue weighted by Crippen LogP contribution is 2.27. The van der Waals surface area contributed by atoms with Crippen molar-refractivity contribution >= 4 is 23.5 Å². The molecule has 0 radical (unpaired) electrons. The summed E-state index contributed by atoms with van der Waals surface area (Å²) in [5.41, 5.74) is -0.455. The van der Waals surface area contributed by atoms with Crippen LogP contribution in [-0.2, 0) is 14.4 Å². The average Bonchev–Trinajstić information content (AvgIpc) is 2.85. The van der Waals surface area contributed by atoms with E-state index in [9.17, 15) is 18.8 Å². The Balaban J connectivity index is 1.31. The Hall–Kier alpha value is -3.53. The molecule has 2 aliphatic rings. The highest BCUT2D eigenvalue weighted by Gasteiger charge is 2.41. The van der Waals surface area contributed by atoms with E-state index in [0.717, 1.165) is 0 Å². The van der Waals surface area contributed by atoms with Crippen molar-refractivity contribution in [3.05, 3.63) is 48.4 Å². The summed E-state index contributed by atoms with van der Waals surface area (Å²) >= 11 is 0. The molecule has 2 N–H and O–H groups in total. The van der Waals surface area contributed by atoms with E-state index in [1.54, 1.807) is 12.1 Å². The van der Waals surface area contributed by atoms with Gasteiger partial charge in [-0.15, -0.1) is 0 Å². The maximum absolute atomic E-state index is 13.1. The van der Waals surface area contributed by atoms with E-state index < -0.39 is 11.6 Å². The molecule has 2 aliphatic heterocycles. The van der Waals surface area contributed by atoms with Crippen LogP contribution in [0.25, 0.3) is 0 Å². The minimum Gasteiger partial charge on any atom is -0.456 e. The zero-order valence-electron chi connectivity index (χ0n) is 20.8. The number of amides is 3. The number of carbonyl (C=O) groups is 3. The lowest BCUT2D eigenvalue weighted by atomic mass is 9.92. The molecular weight excluding hydrogens is 465 g/mol. The van der Waals surface area contributed by atoms with Crippen LogP contribution >= 0.6 is 0 Å². The zero-order valence-corrected chi connectivity index (χ0v) is 20.8. The van der Waals surface area contributed by atoms with E-state index in [-0.39, 0.29) is 29.5 Å². The lowest BCUT2D eigenvalue weighted by Gasteiger charge is -2.49. The van der Waals surface area contributed by atoms with E-state index in [1.165, 1.54) is 30.5 Å². The van der Waals surface area contributed by atoms with Crippen molar-refractivity contribution in [3.8, 4) is 11.5 Å². The fraction of sp³-hybridized carbons (Fsp3) is 0.462. The molecule has 2 fully saturated rings. The summed E-state index contributed by atoms with van der Waals surface area (Å²) in [6, 6.07) is 8.57. The van der Waals surface area contributed by atoms with Crippen molar-refractivity contribution < 1.29 is 23.5 Å². The number of hydrogen-bond donors (Lipinski definition) is 2. The van der Waals surface area contributed by atoms with E-state index in [2.05, 4.69) is 20.5 Å². The van der Waals surface area contributed by atoms with Crippen LogP contribution in [0.15, 0.2) is 42.6 Å². The van der Waals surface area contributed by atoms with Crippen LogP contribution in [-0.4, -0.2) is 70.3 Å². The molecule has 0 aliphatic carbocycles. The second-order valence-corrected chi connectivity index (χ2v) is 9.91. The fourth-order valence-corrected chi connectivity index (χ4v) is 4.65. The minimum absolute atomic E-state index is 0.00694. The quantitative estimate of drug-likeness (QED) is 0.636. The molecule has 2 aromatic rings. The summed E-state index contributed by atoms with van der Waals surface area (Å²) in [4.78, 5) is 45.7. The molecule has 3 heterocycles. The van der Waals surface area contributed by atoms with Gasteiger partial charge in [-0.05, 0) is 63.6 Å². The largest absolute Gasteiger partial charge is 0.456 e. The molecule has 0 saturated carbocycles. The number of nitrogens with one attached hydrogen (secondary N) is 2. The molecule has 0 bridgehead atoms. The van der Waals surface area contributed by atoms with Gasteiger partial charge in [0.25, 0.3) is 0 Å². The van der Waals surface area contributed by atoms with Crippen molar-refractivity contribution in [1.29, 1.82) is 0 Å². The molecule has 10 heteroatoms. The average molecular weight is 498 g/mol. The maximum atomic E-state index is 13.1. The van der Waals surface area contributed by atoms with Crippen molar-refractivity contribution in [3.63, 3.8) is 0 Å². The fourth-order valence-electron chi connectivity index (χ4n) is 4.65. The minimum atomic E-state index is -0.455. The highest BCUT2D eigenvalue weighted by molar-refractivity contribution is 5.93. The van der Waals surface area contributed by atoms with Gasteiger partial charge in [-0.1, -0.05) is 0 Å². The lowest BCUT2D eigenvalue weighted by Crippen LogP contribution is -2.65. The van der Waals surface area contributed by atoms with Gasteiger partial charge in [0, 0.05) is 32.6 Å². The van der Waals surface area contributed by atoms with Crippen LogP contribution in [0, 0.1) is 11.7 Å². The number of piperazine rings is 1. The first-order valence-electron chi connectivity index (χ1n) is 12.1. The third-order valence-electron chi connectivity index (χ3n) is 6.78. The van der Waals surface area contributed by atoms with Gasteiger partial charge in [0.1, 0.15) is 23.1 Å². The number of benzene rings is 1.